The highest BCUT2D eigenvalue weighted by molar-refractivity contribution is 6.01. The van der Waals surface area contributed by atoms with Gasteiger partial charge in [-0.2, -0.15) is 0 Å². The molecule has 8 nitrogen and oxygen atoms in total. The monoisotopic (exact) mass is 613 g/mol. The standard InChI is InChI=1S/C38H39N5O3/c1-4-29(44)15-23-6-5-7-24(14-23)25-10-11-26-18-33(42(32(26)17-25)20-22-8-9-22)37-40-30-16-28(19-34(46-3)36(30)41(37)2)38(45)43-21-27-12-13-31(43)35(27)39/h4-7,10-11,14,16-19,22,27,31,35H,1,8-9,12-13,15,20-21,39H2,2-3H3/t27?,31?,35-/m1/s1. The van der Waals surface area contributed by atoms with Crippen molar-refractivity contribution in [2.45, 2.75) is 50.7 Å². The van der Waals surface area contributed by atoms with E-state index in [1.807, 2.05) is 36.2 Å². The second-order valence-electron chi connectivity index (χ2n) is 13.4. The van der Waals surface area contributed by atoms with Crippen molar-refractivity contribution in [1.29, 1.82) is 0 Å². The maximum absolute atomic E-state index is 13.7. The molecule has 0 spiro atoms. The number of fused-ring (bicyclic) bond motifs is 4. The van der Waals surface area contributed by atoms with E-state index in [0.717, 1.165) is 76.1 Å². The zero-order valence-electron chi connectivity index (χ0n) is 26.4. The first-order valence-electron chi connectivity index (χ1n) is 16.3. The number of hydrogen-bond acceptors (Lipinski definition) is 5. The summed E-state index contributed by atoms with van der Waals surface area (Å²) < 4.78 is 10.4. The van der Waals surface area contributed by atoms with Crippen LogP contribution >= 0.6 is 0 Å². The van der Waals surface area contributed by atoms with Crippen LogP contribution in [-0.4, -0.2) is 56.4 Å². The predicted octanol–water partition coefficient (Wildman–Crippen LogP) is 6.14. The SMILES string of the molecule is C=CC(=O)Cc1cccc(-c2ccc3cc(-c4nc5cc(C(=O)N6CC7CCC6[C@@H]7N)cc(OC)c5n4C)n(CC4CC4)c3c2)c1. The molecule has 2 unspecified atom stereocenters. The van der Waals surface area contributed by atoms with E-state index in [1.54, 1.807) is 7.11 Å². The number of methoxy groups -OCH3 is 1. The first-order chi connectivity index (χ1) is 22.3. The molecule has 3 atom stereocenters. The number of carbonyl (C=O) groups excluding carboxylic acids is 2. The van der Waals surface area contributed by atoms with Crippen LogP contribution in [0.15, 0.2) is 73.3 Å². The quantitative estimate of drug-likeness (QED) is 0.202. The normalized spacial score (nSPS) is 20.6. The Bertz CT molecular complexity index is 2050. The Kier molecular flexibility index (Phi) is 6.87. The lowest BCUT2D eigenvalue weighted by Gasteiger charge is -2.27. The highest BCUT2D eigenvalue weighted by atomic mass is 16.5. The lowest BCUT2D eigenvalue weighted by molar-refractivity contribution is -0.114. The summed E-state index contributed by atoms with van der Waals surface area (Å²) in [6.45, 7) is 5.25. The van der Waals surface area contributed by atoms with Gasteiger partial charge in [0.2, 0.25) is 0 Å². The lowest BCUT2D eigenvalue weighted by Crippen LogP contribution is -2.41. The molecule has 3 aromatic carbocycles. The van der Waals surface area contributed by atoms with Gasteiger partial charge in [-0.1, -0.05) is 43.0 Å². The number of aryl methyl sites for hydroxylation is 1. The van der Waals surface area contributed by atoms with Crippen molar-refractivity contribution < 1.29 is 14.3 Å². The molecule has 2 bridgehead atoms. The van der Waals surface area contributed by atoms with Crippen LogP contribution in [0.5, 0.6) is 5.75 Å². The van der Waals surface area contributed by atoms with Gasteiger partial charge in [0.05, 0.1) is 18.3 Å². The summed E-state index contributed by atoms with van der Waals surface area (Å²) in [7, 11) is 3.67. The zero-order chi connectivity index (χ0) is 31.7. The van der Waals surface area contributed by atoms with Gasteiger partial charge in [0.1, 0.15) is 11.3 Å². The molecule has 0 radical (unpaired) electrons. The van der Waals surface area contributed by atoms with Crippen LogP contribution < -0.4 is 10.5 Å². The molecule has 8 rings (SSSR count). The largest absolute Gasteiger partial charge is 0.494 e. The molecular formula is C38H39N5O3. The molecule has 1 saturated heterocycles. The van der Waals surface area contributed by atoms with Crippen LogP contribution in [0.25, 0.3) is 44.6 Å². The molecule has 1 amide bonds. The van der Waals surface area contributed by atoms with Gasteiger partial charge in [-0.25, -0.2) is 4.98 Å². The lowest BCUT2D eigenvalue weighted by atomic mass is 10.00. The Hall–Kier alpha value is -4.69. The minimum atomic E-state index is 0.00311. The minimum absolute atomic E-state index is 0.00311. The highest BCUT2D eigenvalue weighted by Gasteiger charge is 2.47. The number of rotatable bonds is 9. The van der Waals surface area contributed by atoms with Gasteiger partial charge in [0.15, 0.2) is 11.6 Å². The highest BCUT2D eigenvalue weighted by Crippen LogP contribution is 2.41. The average molecular weight is 614 g/mol. The summed E-state index contributed by atoms with van der Waals surface area (Å²) in [5, 5.41) is 1.15. The Morgan fingerprint density at radius 3 is 2.59 bits per heavy atom. The third-order valence-corrected chi connectivity index (χ3v) is 10.5. The van der Waals surface area contributed by atoms with Crippen LogP contribution in [0.3, 0.4) is 0 Å². The van der Waals surface area contributed by atoms with E-state index in [2.05, 4.69) is 52.1 Å². The van der Waals surface area contributed by atoms with E-state index in [9.17, 15) is 9.59 Å². The fourth-order valence-corrected chi connectivity index (χ4v) is 7.78. The summed E-state index contributed by atoms with van der Waals surface area (Å²) in [5.74, 6) is 2.52. The summed E-state index contributed by atoms with van der Waals surface area (Å²) in [6.07, 6.45) is 6.24. The minimum Gasteiger partial charge on any atom is -0.494 e. The van der Waals surface area contributed by atoms with Crippen molar-refractivity contribution >= 4 is 33.6 Å². The number of ketones is 1. The Morgan fingerprint density at radius 1 is 1.04 bits per heavy atom. The van der Waals surface area contributed by atoms with Crippen molar-refractivity contribution in [3.63, 3.8) is 0 Å². The van der Waals surface area contributed by atoms with Crippen molar-refractivity contribution in [3.8, 4) is 28.4 Å². The van der Waals surface area contributed by atoms with Gasteiger partial charge in [0.25, 0.3) is 5.91 Å². The third kappa shape index (κ3) is 4.74. The van der Waals surface area contributed by atoms with Crippen LogP contribution in [0.1, 0.15) is 41.6 Å². The molecule has 2 N–H and O–H groups in total. The number of benzene rings is 3. The molecule has 2 aliphatic carbocycles. The summed E-state index contributed by atoms with van der Waals surface area (Å²) in [6, 6.07) is 20.9. The first kappa shape index (κ1) is 28.8. The number of likely N-dealkylation sites (tertiary alicyclic amines) is 1. The fourth-order valence-electron chi connectivity index (χ4n) is 7.78. The molecule has 8 heteroatoms. The van der Waals surface area contributed by atoms with Crippen LogP contribution in [0.2, 0.25) is 0 Å². The van der Waals surface area contributed by atoms with E-state index >= 15 is 0 Å². The zero-order valence-corrected chi connectivity index (χ0v) is 26.4. The summed E-state index contributed by atoms with van der Waals surface area (Å²) in [5.41, 5.74) is 14.0. The maximum atomic E-state index is 13.7. The number of ether oxygens (including phenoxy) is 1. The number of hydrogen-bond donors (Lipinski definition) is 1. The molecule has 5 aromatic rings. The van der Waals surface area contributed by atoms with Crippen LogP contribution in [-0.2, 0) is 24.8 Å². The number of carbonyl (C=O) groups is 2. The molecule has 3 heterocycles. The van der Waals surface area contributed by atoms with E-state index in [1.165, 1.54) is 18.9 Å². The molecule has 234 valence electrons. The molecule has 46 heavy (non-hydrogen) atoms. The fraction of sp³-hybridized carbons (Fsp3) is 0.342. The van der Waals surface area contributed by atoms with Gasteiger partial charge in [-0.05, 0) is 84.6 Å². The van der Waals surface area contributed by atoms with E-state index in [0.29, 0.717) is 29.6 Å². The average Bonchev–Trinajstić information content (AvgIpc) is 3.47. The smallest absolute Gasteiger partial charge is 0.254 e. The number of amides is 1. The molecule has 2 saturated carbocycles. The summed E-state index contributed by atoms with van der Waals surface area (Å²) >= 11 is 0. The number of imidazole rings is 1. The van der Waals surface area contributed by atoms with Gasteiger partial charge in [0, 0.05) is 55.1 Å². The number of allylic oxidation sites excluding steroid dienone is 1. The van der Waals surface area contributed by atoms with E-state index in [4.69, 9.17) is 15.5 Å². The molecule has 3 aliphatic rings. The van der Waals surface area contributed by atoms with Gasteiger partial charge in [-0.3, -0.25) is 9.59 Å². The second-order valence-corrected chi connectivity index (χ2v) is 13.4. The number of nitrogens with two attached hydrogens (primary N) is 1. The maximum Gasteiger partial charge on any atom is 0.254 e. The Labute approximate surface area is 268 Å². The number of nitrogens with zero attached hydrogens (tertiary/aromatic N) is 4. The van der Waals surface area contributed by atoms with Crippen molar-refractivity contribution in [2.24, 2.45) is 24.6 Å². The van der Waals surface area contributed by atoms with Crippen molar-refractivity contribution in [2.75, 3.05) is 13.7 Å². The number of aromatic nitrogens is 3. The molecule has 2 aromatic heterocycles. The predicted molar refractivity (Wildman–Crippen MR) is 181 cm³/mol. The van der Waals surface area contributed by atoms with Gasteiger partial charge < -0.3 is 24.5 Å². The third-order valence-electron chi connectivity index (χ3n) is 10.5. The van der Waals surface area contributed by atoms with Gasteiger partial charge in [-0.15, -0.1) is 0 Å². The van der Waals surface area contributed by atoms with E-state index < -0.39 is 0 Å². The van der Waals surface area contributed by atoms with E-state index in [-0.39, 0.29) is 23.8 Å². The summed E-state index contributed by atoms with van der Waals surface area (Å²) in [4.78, 5) is 32.9. The van der Waals surface area contributed by atoms with Gasteiger partial charge >= 0.3 is 0 Å². The van der Waals surface area contributed by atoms with Crippen molar-refractivity contribution in [3.05, 3.63) is 84.4 Å². The Morgan fingerprint density at radius 2 is 1.87 bits per heavy atom. The molecule has 1 aliphatic heterocycles. The van der Waals surface area contributed by atoms with Crippen LogP contribution in [0, 0.1) is 11.8 Å². The van der Waals surface area contributed by atoms with Crippen molar-refractivity contribution in [1.82, 2.24) is 19.0 Å². The second kappa shape index (κ2) is 11.0. The molecule has 3 fully saturated rings. The Balaban J connectivity index is 1.21. The van der Waals surface area contributed by atoms with Crippen LogP contribution in [0.4, 0.5) is 0 Å². The first-order valence-corrected chi connectivity index (χ1v) is 16.3. The molecular weight excluding hydrogens is 574 g/mol. The number of piperidine rings is 1. The topological polar surface area (TPSA) is 95.4 Å².